The van der Waals surface area contributed by atoms with Gasteiger partial charge in [-0.15, -0.1) is 0 Å². The average molecular weight is 354 g/mol. The molecule has 140 valence electrons. The van der Waals surface area contributed by atoms with E-state index >= 15 is 0 Å². The van der Waals surface area contributed by atoms with Gasteiger partial charge in [-0.25, -0.2) is 0 Å². The van der Waals surface area contributed by atoms with E-state index in [1.165, 1.54) is 6.42 Å². The molecule has 1 unspecified atom stereocenters. The lowest BCUT2D eigenvalue weighted by molar-refractivity contribution is -0.168. The van der Waals surface area contributed by atoms with Gasteiger partial charge in [0, 0.05) is 19.6 Å². The summed E-state index contributed by atoms with van der Waals surface area (Å²) in [7, 11) is 0. The van der Waals surface area contributed by atoms with Crippen LogP contribution < -0.4 is 0 Å². The molecule has 1 atom stereocenters. The molecular weight excluding hydrogens is 324 g/mol. The van der Waals surface area contributed by atoms with Crippen LogP contribution in [0.2, 0.25) is 0 Å². The van der Waals surface area contributed by atoms with Gasteiger partial charge in [-0.2, -0.15) is 0 Å². The average Bonchev–Trinajstić information content (AvgIpc) is 3.18. The lowest BCUT2D eigenvalue weighted by Crippen LogP contribution is -2.70. The van der Waals surface area contributed by atoms with Gasteiger partial charge in [0.2, 0.25) is 11.8 Å². The number of hydrogen-bond donors (Lipinski definition) is 0. The lowest BCUT2D eigenvalue weighted by Gasteiger charge is -2.53. The molecule has 4 rings (SSSR count). The predicted octanol–water partition coefficient (Wildman–Crippen LogP) is 3.50. The zero-order chi connectivity index (χ0) is 18.2. The molecule has 2 saturated heterocycles. The van der Waals surface area contributed by atoms with Gasteiger partial charge in [0.1, 0.15) is 5.54 Å². The van der Waals surface area contributed by atoms with E-state index in [4.69, 9.17) is 0 Å². The molecule has 26 heavy (non-hydrogen) atoms. The van der Waals surface area contributed by atoms with Crippen LogP contribution in [0.3, 0.4) is 0 Å². The van der Waals surface area contributed by atoms with Crippen LogP contribution in [0.4, 0.5) is 0 Å². The summed E-state index contributed by atoms with van der Waals surface area (Å²) >= 11 is 0. The van der Waals surface area contributed by atoms with Gasteiger partial charge in [0.25, 0.3) is 0 Å². The molecule has 2 heterocycles. The number of piperidine rings is 1. The van der Waals surface area contributed by atoms with Gasteiger partial charge in [-0.3, -0.25) is 9.59 Å². The number of likely N-dealkylation sites (tertiary alicyclic amines) is 2. The molecule has 4 heteroatoms. The van der Waals surface area contributed by atoms with Crippen molar-refractivity contribution >= 4 is 11.8 Å². The fourth-order valence-corrected chi connectivity index (χ4v) is 5.16. The van der Waals surface area contributed by atoms with Crippen molar-refractivity contribution in [2.75, 3.05) is 19.6 Å². The highest BCUT2D eigenvalue weighted by atomic mass is 16.2. The van der Waals surface area contributed by atoms with E-state index in [-0.39, 0.29) is 11.8 Å². The van der Waals surface area contributed by atoms with E-state index in [1.807, 2.05) is 34.9 Å². The molecule has 1 aliphatic carbocycles. The van der Waals surface area contributed by atoms with Crippen molar-refractivity contribution in [2.24, 2.45) is 0 Å². The maximum atomic E-state index is 13.7. The summed E-state index contributed by atoms with van der Waals surface area (Å²) in [6.07, 6.45) is 8.16. The van der Waals surface area contributed by atoms with E-state index in [2.05, 4.69) is 12.1 Å². The maximum absolute atomic E-state index is 13.7. The van der Waals surface area contributed by atoms with E-state index in [0.717, 1.165) is 63.6 Å². The molecule has 2 aliphatic heterocycles. The highest BCUT2D eigenvalue weighted by molar-refractivity contribution is 5.97. The van der Waals surface area contributed by atoms with Crippen molar-refractivity contribution in [3.8, 4) is 0 Å². The zero-order valence-electron chi connectivity index (χ0n) is 15.9. The second kappa shape index (κ2) is 6.71. The smallest absolute Gasteiger partial charge is 0.248 e. The van der Waals surface area contributed by atoms with E-state index in [0.29, 0.717) is 6.54 Å². The number of nitrogens with zero attached hydrogens (tertiary/aromatic N) is 2. The SMILES string of the molecule is CC1(C(=O)N2CCCCC2)CCN1C(=O)C1(c2ccccc2)CCCC1. The Hall–Kier alpha value is -1.84. The second-order valence-electron chi connectivity index (χ2n) is 8.49. The first-order valence-corrected chi connectivity index (χ1v) is 10.2. The molecule has 3 fully saturated rings. The normalized spacial score (nSPS) is 27.9. The zero-order valence-corrected chi connectivity index (χ0v) is 15.9. The predicted molar refractivity (Wildman–Crippen MR) is 102 cm³/mol. The topological polar surface area (TPSA) is 40.6 Å². The van der Waals surface area contributed by atoms with Crippen LogP contribution in [0, 0.1) is 0 Å². The number of benzene rings is 1. The van der Waals surface area contributed by atoms with Crippen LogP contribution in [0.25, 0.3) is 0 Å². The lowest BCUT2D eigenvalue weighted by atomic mass is 9.74. The molecule has 4 nitrogen and oxygen atoms in total. The number of amides is 2. The number of carbonyl (C=O) groups is 2. The fourth-order valence-electron chi connectivity index (χ4n) is 5.16. The molecule has 2 amide bonds. The summed E-state index contributed by atoms with van der Waals surface area (Å²) in [5, 5.41) is 0. The molecule has 1 aromatic rings. The standard InChI is InChI=1S/C22H30N2O2/c1-21(19(25)23-15-8-3-9-16-23)14-17-24(21)20(26)22(12-6-7-13-22)18-10-4-2-5-11-18/h2,4-5,10-11H,3,6-9,12-17H2,1H3. The highest BCUT2D eigenvalue weighted by Crippen LogP contribution is 2.46. The second-order valence-corrected chi connectivity index (χ2v) is 8.49. The maximum Gasteiger partial charge on any atom is 0.248 e. The van der Waals surface area contributed by atoms with E-state index < -0.39 is 11.0 Å². The van der Waals surface area contributed by atoms with Gasteiger partial charge in [0.15, 0.2) is 0 Å². The molecule has 1 saturated carbocycles. The number of carbonyl (C=O) groups excluding carboxylic acids is 2. The minimum atomic E-state index is -0.640. The fraction of sp³-hybridized carbons (Fsp3) is 0.636. The number of hydrogen-bond acceptors (Lipinski definition) is 2. The Balaban J connectivity index is 1.59. The largest absolute Gasteiger partial charge is 0.341 e. The molecule has 0 bridgehead atoms. The Kier molecular flexibility index (Phi) is 4.54. The molecular formula is C22H30N2O2. The minimum absolute atomic E-state index is 0.165. The van der Waals surface area contributed by atoms with Crippen molar-refractivity contribution < 1.29 is 9.59 Å². The Morgan fingerprint density at radius 2 is 1.46 bits per heavy atom. The summed E-state index contributed by atoms with van der Waals surface area (Å²) in [6.45, 7) is 4.39. The van der Waals surface area contributed by atoms with Crippen molar-refractivity contribution in [3.05, 3.63) is 35.9 Å². The summed E-state index contributed by atoms with van der Waals surface area (Å²) in [6, 6.07) is 10.2. The molecule has 0 radical (unpaired) electrons. The third-order valence-electron chi connectivity index (χ3n) is 6.96. The van der Waals surface area contributed by atoms with Crippen LogP contribution in [0.5, 0.6) is 0 Å². The molecule has 1 aromatic carbocycles. The molecule has 0 aromatic heterocycles. The van der Waals surface area contributed by atoms with Gasteiger partial charge < -0.3 is 9.80 Å². The van der Waals surface area contributed by atoms with E-state index in [9.17, 15) is 9.59 Å². The van der Waals surface area contributed by atoms with Crippen LogP contribution in [0.15, 0.2) is 30.3 Å². The summed E-state index contributed by atoms with van der Waals surface area (Å²) in [4.78, 5) is 30.8. The van der Waals surface area contributed by atoms with Gasteiger partial charge in [-0.05, 0) is 51.0 Å². The Labute approximate surface area is 156 Å². The summed E-state index contributed by atoms with van der Waals surface area (Å²) in [5.41, 5.74) is 0.0614. The minimum Gasteiger partial charge on any atom is -0.341 e. The van der Waals surface area contributed by atoms with Crippen molar-refractivity contribution in [2.45, 2.75) is 69.2 Å². The van der Waals surface area contributed by atoms with Crippen LogP contribution in [0.1, 0.15) is 63.9 Å². The van der Waals surface area contributed by atoms with Crippen molar-refractivity contribution in [1.29, 1.82) is 0 Å². The van der Waals surface area contributed by atoms with E-state index in [1.54, 1.807) is 0 Å². The third-order valence-corrected chi connectivity index (χ3v) is 6.96. The third kappa shape index (κ3) is 2.65. The Morgan fingerprint density at radius 3 is 2.04 bits per heavy atom. The first-order valence-electron chi connectivity index (χ1n) is 10.2. The Morgan fingerprint density at radius 1 is 0.808 bits per heavy atom. The van der Waals surface area contributed by atoms with Crippen LogP contribution >= 0.6 is 0 Å². The van der Waals surface area contributed by atoms with Crippen LogP contribution in [-0.2, 0) is 15.0 Å². The number of rotatable bonds is 3. The Bertz CT molecular complexity index is 675. The first-order chi connectivity index (χ1) is 12.6. The van der Waals surface area contributed by atoms with Gasteiger partial charge in [-0.1, -0.05) is 43.2 Å². The monoisotopic (exact) mass is 354 g/mol. The molecule has 3 aliphatic rings. The summed E-state index contributed by atoms with van der Waals surface area (Å²) < 4.78 is 0. The van der Waals surface area contributed by atoms with Crippen LogP contribution in [-0.4, -0.2) is 46.8 Å². The first kappa shape index (κ1) is 17.6. The van der Waals surface area contributed by atoms with Gasteiger partial charge in [0.05, 0.1) is 5.41 Å². The van der Waals surface area contributed by atoms with Gasteiger partial charge >= 0.3 is 0 Å². The molecule has 0 N–H and O–H groups in total. The quantitative estimate of drug-likeness (QED) is 0.833. The van der Waals surface area contributed by atoms with Crippen molar-refractivity contribution in [3.63, 3.8) is 0 Å². The van der Waals surface area contributed by atoms with Crippen molar-refractivity contribution in [1.82, 2.24) is 9.80 Å². The highest BCUT2D eigenvalue weighted by Gasteiger charge is 2.56. The summed E-state index contributed by atoms with van der Waals surface area (Å²) in [5.74, 6) is 0.346. The molecule has 0 spiro atoms.